The van der Waals surface area contributed by atoms with Gasteiger partial charge in [0.15, 0.2) is 0 Å². The van der Waals surface area contributed by atoms with Crippen LogP contribution in [0.1, 0.15) is 19.3 Å². The number of rotatable bonds is 4. The fraction of sp³-hybridized carbons (Fsp3) is 0.500. The van der Waals surface area contributed by atoms with Gasteiger partial charge >= 0.3 is 6.09 Å². The molecule has 2 aliphatic heterocycles. The Bertz CT molecular complexity index is 538. The lowest BCUT2D eigenvalue weighted by molar-refractivity contribution is -0.135. The van der Waals surface area contributed by atoms with Crippen molar-refractivity contribution in [2.45, 2.75) is 24.9 Å². The topological polar surface area (TPSA) is 67.9 Å². The van der Waals surface area contributed by atoms with Crippen molar-refractivity contribution in [1.29, 1.82) is 0 Å². The van der Waals surface area contributed by atoms with Gasteiger partial charge in [-0.25, -0.2) is 4.79 Å². The predicted molar refractivity (Wildman–Crippen MR) is 79.6 cm³/mol. The van der Waals surface area contributed by atoms with Gasteiger partial charge in [0, 0.05) is 25.9 Å². The molecule has 2 saturated heterocycles. The van der Waals surface area contributed by atoms with Crippen molar-refractivity contribution in [1.82, 2.24) is 10.2 Å². The minimum atomic E-state index is -0.408. The molecule has 2 heterocycles. The van der Waals surface area contributed by atoms with Crippen LogP contribution < -0.4 is 10.1 Å². The summed E-state index contributed by atoms with van der Waals surface area (Å²) in [5.41, 5.74) is -0.408. The fourth-order valence-electron chi connectivity index (χ4n) is 2.88. The van der Waals surface area contributed by atoms with E-state index in [0.717, 1.165) is 5.75 Å². The van der Waals surface area contributed by atoms with Crippen molar-refractivity contribution in [3.05, 3.63) is 30.3 Å². The highest BCUT2D eigenvalue weighted by Crippen LogP contribution is 2.29. The van der Waals surface area contributed by atoms with Crippen molar-refractivity contribution in [3.63, 3.8) is 0 Å². The second kappa shape index (κ2) is 6.25. The molecular weight excluding hydrogens is 284 g/mol. The smallest absolute Gasteiger partial charge is 0.407 e. The Morgan fingerprint density at radius 2 is 2.00 bits per heavy atom. The summed E-state index contributed by atoms with van der Waals surface area (Å²) in [4.78, 5) is 25.2. The predicted octanol–water partition coefficient (Wildman–Crippen LogP) is 1.56. The monoisotopic (exact) mass is 304 g/mol. The first-order chi connectivity index (χ1) is 10.7. The van der Waals surface area contributed by atoms with E-state index < -0.39 is 5.60 Å². The van der Waals surface area contributed by atoms with E-state index in [4.69, 9.17) is 9.47 Å². The molecule has 0 saturated carbocycles. The van der Waals surface area contributed by atoms with E-state index in [9.17, 15) is 9.59 Å². The Kier molecular flexibility index (Phi) is 4.18. The molecule has 6 heteroatoms. The number of hydrogen-bond acceptors (Lipinski definition) is 4. The number of amides is 2. The third-order valence-electron chi connectivity index (χ3n) is 4.22. The van der Waals surface area contributed by atoms with Crippen molar-refractivity contribution in [2.24, 2.45) is 0 Å². The van der Waals surface area contributed by atoms with Gasteiger partial charge in [0.05, 0.1) is 19.6 Å². The average Bonchev–Trinajstić information content (AvgIpc) is 2.89. The van der Waals surface area contributed by atoms with Crippen LogP contribution in [0.2, 0.25) is 0 Å². The van der Waals surface area contributed by atoms with Crippen molar-refractivity contribution in [2.75, 3.05) is 26.2 Å². The lowest BCUT2D eigenvalue weighted by Crippen LogP contribution is -2.48. The highest BCUT2D eigenvalue weighted by atomic mass is 16.6. The molecule has 1 spiro atoms. The van der Waals surface area contributed by atoms with Gasteiger partial charge in [-0.05, 0) is 12.1 Å². The molecule has 2 amide bonds. The summed E-state index contributed by atoms with van der Waals surface area (Å²) in [5, 5.41) is 2.69. The minimum Gasteiger partial charge on any atom is -0.493 e. The largest absolute Gasteiger partial charge is 0.493 e. The molecule has 2 fully saturated rings. The molecule has 0 radical (unpaired) electrons. The number of piperidine rings is 1. The molecule has 22 heavy (non-hydrogen) atoms. The average molecular weight is 304 g/mol. The van der Waals surface area contributed by atoms with Gasteiger partial charge in [0.2, 0.25) is 5.91 Å². The van der Waals surface area contributed by atoms with Gasteiger partial charge in [-0.1, -0.05) is 18.2 Å². The standard InChI is InChI=1S/C16H20N2O4/c19-14(6-11-21-13-4-2-1-3-5-13)18-9-7-16(8-10-18)12-17-15(20)22-16/h1-5H,6-12H2,(H,17,20). The lowest BCUT2D eigenvalue weighted by atomic mass is 9.91. The van der Waals surface area contributed by atoms with E-state index in [1.165, 1.54) is 0 Å². The molecule has 0 aliphatic carbocycles. The third kappa shape index (κ3) is 3.32. The van der Waals surface area contributed by atoms with Gasteiger partial charge in [-0.2, -0.15) is 0 Å². The summed E-state index contributed by atoms with van der Waals surface area (Å²) >= 11 is 0. The number of benzene rings is 1. The molecule has 0 unspecified atom stereocenters. The van der Waals surface area contributed by atoms with Gasteiger partial charge in [0.25, 0.3) is 0 Å². The molecule has 0 aromatic heterocycles. The number of hydrogen-bond donors (Lipinski definition) is 1. The van der Waals surface area contributed by atoms with Crippen LogP contribution in [0.4, 0.5) is 4.79 Å². The molecule has 6 nitrogen and oxygen atoms in total. The number of alkyl carbamates (subject to hydrolysis) is 1. The molecule has 1 aromatic carbocycles. The summed E-state index contributed by atoms with van der Waals surface area (Å²) < 4.78 is 10.9. The van der Waals surface area contributed by atoms with Crippen LogP contribution >= 0.6 is 0 Å². The van der Waals surface area contributed by atoms with Crippen LogP contribution in [-0.2, 0) is 9.53 Å². The molecule has 1 N–H and O–H groups in total. The summed E-state index contributed by atoms with van der Waals surface area (Å²) in [7, 11) is 0. The Hall–Kier alpha value is -2.24. The normalized spacial score (nSPS) is 19.6. The highest BCUT2D eigenvalue weighted by molar-refractivity contribution is 5.76. The maximum atomic E-state index is 12.2. The first-order valence-corrected chi connectivity index (χ1v) is 7.59. The van der Waals surface area contributed by atoms with E-state index in [2.05, 4.69) is 5.32 Å². The Labute approximate surface area is 129 Å². The SMILES string of the molecule is O=C1NCC2(CCN(C(=O)CCOc3ccccc3)CC2)O1. The first-order valence-electron chi connectivity index (χ1n) is 7.59. The Morgan fingerprint density at radius 3 is 2.64 bits per heavy atom. The van der Waals surface area contributed by atoms with Crippen molar-refractivity contribution >= 4 is 12.0 Å². The lowest BCUT2D eigenvalue weighted by Gasteiger charge is -2.37. The van der Waals surface area contributed by atoms with E-state index >= 15 is 0 Å². The maximum absolute atomic E-state index is 12.2. The molecule has 118 valence electrons. The maximum Gasteiger partial charge on any atom is 0.407 e. The van der Waals surface area contributed by atoms with Crippen LogP contribution in [0.25, 0.3) is 0 Å². The zero-order valence-electron chi connectivity index (χ0n) is 12.4. The molecule has 0 atom stereocenters. The summed E-state index contributed by atoms with van der Waals surface area (Å²) in [6.45, 7) is 2.17. The second-order valence-corrected chi connectivity index (χ2v) is 5.72. The molecule has 1 aromatic rings. The van der Waals surface area contributed by atoms with Crippen LogP contribution in [0.15, 0.2) is 30.3 Å². The number of carbonyl (C=O) groups is 2. The Balaban J connectivity index is 1.41. The van der Waals surface area contributed by atoms with Crippen LogP contribution in [0, 0.1) is 0 Å². The number of nitrogens with zero attached hydrogens (tertiary/aromatic N) is 1. The van der Waals surface area contributed by atoms with Gasteiger partial charge in [0.1, 0.15) is 11.4 Å². The number of likely N-dealkylation sites (tertiary alicyclic amines) is 1. The van der Waals surface area contributed by atoms with E-state index in [-0.39, 0.29) is 12.0 Å². The van der Waals surface area contributed by atoms with Gasteiger partial charge in [-0.3, -0.25) is 4.79 Å². The van der Waals surface area contributed by atoms with Crippen LogP contribution in [-0.4, -0.2) is 48.7 Å². The minimum absolute atomic E-state index is 0.0862. The molecule has 0 bridgehead atoms. The zero-order chi connectivity index (χ0) is 15.4. The van der Waals surface area contributed by atoms with E-state index in [0.29, 0.717) is 45.5 Å². The summed E-state index contributed by atoms with van der Waals surface area (Å²) in [6.07, 6.45) is 1.39. The van der Waals surface area contributed by atoms with E-state index in [1.807, 2.05) is 35.2 Å². The van der Waals surface area contributed by atoms with Crippen LogP contribution in [0.3, 0.4) is 0 Å². The zero-order valence-corrected chi connectivity index (χ0v) is 12.4. The van der Waals surface area contributed by atoms with Crippen molar-refractivity contribution < 1.29 is 19.1 Å². The van der Waals surface area contributed by atoms with Gasteiger partial charge in [-0.15, -0.1) is 0 Å². The first kappa shape index (κ1) is 14.7. The number of carbonyl (C=O) groups excluding carboxylic acids is 2. The van der Waals surface area contributed by atoms with E-state index in [1.54, 1.807) is 0 Å². The third-order valence-corrected chi connectivity index (χ3v) is 4.22. The van der Waals surface area contributed by atoms with Crippen LogP contribution in [0.5, 0.6) is 5.75 Å². The highest BCUT2D eigenvalue weighted by Gasteiger charge is 2.43. The quantitative estimate of drug-likeness (QED) is 0.916. The van der Waals surface area contributed by atoms with Gasteiger partial charge < -0.3 is 19.7 Å². The Morgan fingerprint density at radius 1 is 1.27 bits per heavy atom. The summed E-state index contributed by atoms with van der Waals surface area (Å²) in [5.74, 6) is 0.861. The fourth-order valence-corrected chi connectivity index (χ4v) is 2.88. The van der Waals surface area contributed by atoms with Crippen molar-refractivity contribution in [3.8, 4) is 5.75 Å². The molecular formula is C16H20N2O4. The second-order valence-electron chi connectivity index (χ2n) is 5.72. The summed E-state index contributed by atoms with van der Waals surface area (Å²) in [6, 6.07) is 9.47. The number of nitrogens with one attached hydrogen (secondary N) is 1. The number of ether oxygens (including phenoxy) is 2. The molecule has 3 rings (SSSR count). The molecule has 2 aliphatic rings. The number of para-hydroxylation sites is 1.